The predicted octanol–water partition coefficient (Wildman–Crippen LogP) is 3.57. The number of aliphatic imine (C=N–C) groups is 1. The number of hydrogen-bond acceptors (Lipinski definition) is 3. The Morgan fingerprint density at radius 1 is 1.10 bits per heavy atom. The highest BCUT2D eigenvalue weighted by atomic mass is 19.1. The minimum absolute atomic E-state index is 0.120. The first-order valence-electron chi connectivity index (χ1n) is 6.71. The molecule has 0 aromatic heterocycles. The van der Waals surface area contributed by atoms with Crippen molar-refractivity contribution in [2.75, 3.05) is 0 Å². The van der Waals surface area contributed by atoms with Crippen molar-refractivity contribution in [3.05, 3.63) is 71.5 Å². The second-order valence-electron chi connectivity index (χ2n) is 4.91. The van der Waals surface area contributed by atoms with Gasteiger partial charge in [0.1, 0.15) is 11.9 Å². The Hall–Kier alpha value is -2.49. The predicted molar refractivity (Wildman–Crippen MR) is 77.9 cm³/mol. The lowest BCUT2D eigenvalue weighted by Gasteiger charge is -2.16. The third kappa shape index (κ3) is 2.70. The number of rotatable bonds is 3. The van der Waals surface area contributed by atoms with Crippen molar-refractivity contribution in [2.24, 2.45) is 4.99 Å². The van der Waals surface area contributed by atoms with Crippen LogP contribution in [-0.4, -0.2) is 17.8 Å². The van der Waals surface area contributed by atoms with Crippen molar-refractivity contribution in [1.29, 1.82) is 0 Å². The van der Waals surface area contributed by atoms with Crippen molar-refractivity contribution >= 4 is 11.7 Å². The molecule has 1 aliphatic rings. The first kappa shape index (κ1) is 13.5. The fourth-order valence-electron chi connectivity index (χ4n) is 2.42. The van der Waals surface area contributed by atoms with Gasteiger partial charge in [-0.2, -0.15) is 0 Å². The van der Waals surface area contributed by atoms with Gasteiger partial charge in [-0.05, 0) is 17.7 Å². The summed E-state index contributed by atoms with van der Waals surface area (Å²) in [6.07, 6.45) is -0.696. The van der Waals surface area contributed by atoms with Crippen LogP contribution >= 0.6 is 0 Å². The Kier molecular flexibility index (Phi) is 3.52. The third-order valence-electron chi connectivity index (χ3n) is 3.43. The maximum absolute atomic E-state index is 13.0. The standard InChI is InChI=1S/C17H14FNO2/c1-11-19-15(12-7-9-14(18)10-8-12)17(21-11)16(20)13-5-3-2-4-6-13/h2-10,15,17H,1H3/t15-,17+/m0/s1. The van der Waals surface area contributed by atoms with Crippen LogP contribution in [0.5, 0.6) is 0 Å². The summed E-state index contributed by atoms with van der Waals surface area (Å²) < 4.78 is 18.6. The summed E-state index contributed by atoms with van der Waals surface area (Å²) in [5.41, 5.74) is 1.35. The number of ether oxygens (including phenoxy) is 1. The van der Waals surface area contributed by atoms with Crippen LogP contribution in [0.4, 0.5) is 4.39 Å². The van der Waals surface area contributed by atoms with E-state index in [0.29, 0.717) is 11.5 Å². The Labute approximate surface area is 122 Å². The molecule has 2 atom stereocenters. The van der Waals surface area contributed by atoms with Gasteiger partial charge in [-0.15, -0.1) is 0 Å². The van der Waals surface area contributed by atoms with Crippen LogP contribution in [0.15, 0.2) is 59.6 Å². The molecular formula is C17H14FNO2. The summed E-state index contributed by atoms with van der Waals surface area (Å²) in [4.78, 5) is 16.9. The smallest absolute Gasteiger partial charge is 0.205 e. The van der Waals surface area contributed by atoms with Gasteiger partial charge < -0.3 is 4.74 Å². The lowest BCUT2D eigenvalue weighted by molar-refractivity contribution is 0.0772. The molecular weight excluding hydrogens is 269 g/mol. The van der Waals surface area contributed by atoms with Gasteiger partial charge in [0.25, 0.3) is 0 Å². The van der Waals surface area contributed by atoms with E-state index < -0.39 is 12.1 Å². The van der Waals surface area contributed by atoms with E-state index in [1.165, 1.54) is 12.1 Å². The SMILES string of the molecule is CC1=N[C@@H](c2ccc(F)cc2)[C@H](C(=O)c2ccccc2)O1. The zero-order valence-corrected chi connectivity index (χ0v) is 11.5. The van der Waals surface area contributed by atoms with Crippen molar-refractivity contribution < 1.29 is 13.9 Å². The first-order valence-corrected chi connectivity index (χ1v) is 6.71. The average molecular weight is 283 g/mol. The zero-order chi connectivity index (χ0) is 14.8. The normalized spacial score (nSPS) is 20.8. The van der Waals surface area contributed by atoms with Crippen LogP contribution in [-0.2, 0) is 4.74 Å². The van der Waals surface area contributed by atoms with E-state index in [1.807, 2.05) is 18.2 Å². The van der Waals surface area contributed by atoms with Crippen molar-refractivity contribution in [3.63, 3.8) is 0 Å². The Bertz CT molecular complexity index is 680. The molecule has 0 unspecified atom stereocenters. The molecule has 0 spiro atoms. The molecule has 1 heterocycles. The molecule has 21 heavy (non-hydrogen) atoms. The fraction of sp³-hybridized carbons (Fsp3) is 0.176. The molecule has 4 heteroatoms. The Morgan fingerprint density at radius 3 is 2.43 bits per heavy atom. The summed E-state index contributed by atoms with van der Waals surface area (Å²) in [6, 6.07) is 14.5. The van der Waals surface area contributed by atoms with E-state index in [9.17, 15) is 9.18 Å². The molecule has 2 aromatic carbocycles. The summed E-state index contributed by atoms with van der Waals surface area (Å²) >= 11 is 0. The van der Waals surface area contributed by atoms with Crippen LogP contribution in [0, 0.1) is 5.82 Å². The molecule has 2 aromatic rings. The quantitative estimate of drug-likeness (QED) is 0.808. The second kappa shape index (κ2) is 5.48. The monoisotopic (exact) mass is 283 g/mol. The number of carbonyl (C=O) groups is 1. The number of hydrogen-bond donors (Lipinski definition) is 0. The highest BCUT2D eigenvalue weighted by molar-refractivity contribution is 6.02. The molecule has 0 saturated carbocycles. The van der Waals surface area contributed by atoms with Crippen LogP contribution in [0.2, 0.25) is 0 Å². The van der Waals surface area contributed by atoms with E-state index in [2.05, 4.69) is 4.99 Å². The van der Waals surface area contributed by atoms with E-state index in [0.717, 1.165) is 5.56 Å². The summed E-state index contributed by atoms with van der Waals surface area (Å²) in [6.45, 7) is 1.72. The number of halogens is 1. The summed E-state index contributed by atoms with van der Waals surface area (Å²) in [7, 11) is 0. The number of Topliss-reactive ketones (excluding diaryl/α,β-unsaturated/α-hetero) is 1. The molecule has 0 N–H and O–H groups in total. The maximum atomic E-state index is 13.0. The van der Waals surface area contributed by atoms with E-state index in [4.69, 9.17) is 4.74 Å². The second-order valence-corrected chi connectivity index (χ2v) is 4.91. The molecule has 0 radical (unpaired) electrons. The molecule has 0 saturated heterocycles. The molecule has 1 aliphatic heterocycles. The minimum Gasteiger partial charge on any atom is -0.467 e. The van der Waals surface area contributed by atoms with E-state index in [-0.39, 0.29) is 11.6 Å². The summed E-state index contributed by atoms with van der Waals surface area (Å²) in [5, 5.41) is 0. The van der Waals surface area contributed by atoms with Crippen molar-refractivity contribution in [3.8, 4) is 0 Å². The average Bonchev–Trinajstić information content (AvgIpc) is 2.90. The van der Waals surface area contributed by atoms with Gasteiger partial charge in [0, 0.05) is 12.5 Å². The molecule has 3 rings (SSSR count). The number of nitrogens with zero attached hydrogens (tertiary/aromatic N) is 1. The zero-order valence-electron chi connectivity index (χ0n) is 11.5. The van der Waals surface area contributed by atoms with E-state index in [1.54, 1.807) is 31.2 Å². The summed E-state index contributed by atoms with van der Waals surface area (Å²) in [5.74, 6) is 0.0356. The largest absolute Gasteiger partial charge is 0.467 e. The molecule has 106 valence electrons. The van der Waals surface area contributed by atoms with Gasteiger partial charge in [-0.25, -0.2) is 9.38 Å². The van der Waals surface area contributed by atoms with Crippen LogP contribution in [0.3, 0.4) is 0 Å². The number of benzene rings is 2. The van der Waals surface area contributed by atoms with Crippen LogP contribution < -0.4 is 0 Å². The Morgan fingerprint density at radius 2 is 1.76 bits per heavy atom. The highest BCUT2D eigenvalue weighted by Gasteiger charge is 2.36. The van der Waals surface area contributed by atoms with Crippen molar-refractivity contribution in [2.45, 2.75) is 19.1 Å². The van der Waals surface area contributed by atoms with Gasteiger partial charge in [0.05, 0.1) is 0 Å². The maximum Gasteiger partial charge on any atom is 0.205 e. The molecule has 0 bridgehead atoms. The molecule has 0 aliphatic carbocycles. The van der Waals surface area contributed by atoms with Gasteiger partial charge >= 0.3 is 0 Å². The van der Waals surface area contributed by atoms with Crippen molar-refractivity contribution in [1.82, 2.24) is 0 Å². The topological polar surface area (TPSA) is 38.7 Å². The lowest BCUT2D eigenvalue weighted by atomic mass is 9.96. The minimum atomic E-state index is -0.696. The fourth-order valence-corrected chi connectivity index (χ4v) is 2.42. The Balaban J connectivity index is 1.91. The third-order valence-corrected chi connectivity index (χ3v) is 3.43. The van der Waals surface area contributed by atoms with E-state index >= 15 is 0 Å². The van der Waals surface area contributed by atoms with Crippen LogP contribution in [0.1, 0.15) is 28.9 Å². The molecule has 0 amide bonds. The molecule has 3 nitrogen and oxygen atoms in total. The van der Waals surface area contributed by atoms with Gasteiger partial charge in [-0.3, -0.25) is 4.79 Å². The number of ketones is 1. The highest BCUT2D eigenvalue weighted by Crippen LogP contribution is 2.31. The van der Waals surface area contributed by atoms with Gasteiger partial charge in [-0.1, -0.05) is 42.5 Å². The van der Waals surface area contributed by atoms with Crippen LogP contribution in [0.25, 0.3) is 0 Å². The van der Waals surface area contributed by atoms with Gasteiger partial charge in [0.2, 0.25) is 5.78 Å². The number of carbonyl (C=O) groups excluding carboxylic acids is 1. The lowest BCUT2D eigenvalue weighted by Crippen LogP contribution is -2.27. The first-order chi connectivity index (χ1) is 10.1. The van der Waals surface area contributed by atoms with Gasteiger partial charge in [0.15, 0.2) is 12.0 Å². The molecule has 0 fully saturated rings.